The fourth-order valence-corrected chi connectivity index (χ4v) is 1.97. The van der Waals surface area contributed by atoms with E-state index in [1.807, 2.05) is 41.5 Å². The van der Waals surface area contributed by atoms with E-state index >= 15 is 0 Å². The van der Waals surface area contributed by atoms with Crippen molar-refractivity contribution in [2.45, 2.75) is 52.7 Å². The summed E-state index contributed by atoms with van der Waals surface area (Å²) < 4.78 is 17.3. The van der Waals surface area contributed by atoms with Crippen molar-refractivity contribution in [1.29, 1.82) is 5.26 Å². The number of hydrogen-bond donors (Lipinski definition) is 0. The van der Waals surface area contributed by atoms with Gasteiger partial charge in [0.15, 0.2) is 0 Å². The SMILES string of the molecule is Cc1oc(C#N)c(B2OC(C)(C)C(C)(C)O2)c1C. The van der Waals surface area contributed by atoms with Crippen LogP contribution in [0.2, 0.25) is 0 Å². The van der Waals surface area contributed by atoms with Crippen molar-refractivity contribution in [2.75, 3.05) is 0 Å². The molecule has 1 fully saturated rings. The van der Waals surface area contributed by atoms with Crippen LogP contribution in [0.1, 0.15) is 44.8 Å². The van der Waals surface area contributed by atoms with Gasteiger partial charge in [-0.05, 0) is 47.1 Å². The highest BCUT2D eigenvalue weighted by Gasteiger charge is 2.53. The monoisotopic (exact) mass is 247 g/mol. The molecule has 0 spiro atoms. The van der Waals surface area contributed by atoms with Crippen molar-refractivity contribution in [3.63, 3.8) is 0 Å². The lowest BCUT2D eigenvalue weighted by Gasteiger charge is -2.32. The van der Waals surface area contributed by atoms with Crippen molar-refractivity contribution in [3.05, 3.63) is 17.1 Å². The first-order valence-electron chi connectivity index (χ1n) is 6.05. The first kappa shape index (κ1) is 13.2. The van der Waals surface area contributed by atoms with E-state index in [4.69, 9.17) is 19.0 Å². The fourth-order valence-electron chi connectivity index (χ4n) is 1.97. The summed E-state index contributed by atoms with van der Waals surface area (Å²) in [4.78, 5) is 0. The van der Waals surface area contributed by atoms with E-state index < -0.39 is 18.3 Å². The van der Waals surface area contributed by atoms with Crippen LogP contribution in [0.4, 0.5) is 0 Å². The van der Waals surface area contributed by atoms with Crippen LogP contribution < -0.4 is 5.46 Å². The molecule has 5 heteroatoms. The predicted octanol–water partition coefficient (Wildman–Crippen LogP) is 2.07. The van der Waals surface area contributed by atoms with Gasteiger partial charge in [-0.3, -0.25) is 0 Å². The van der Waals surface area contributed by atoms with Gasteiger partial charge >= 0.3 is 7.12 Å². The molecule has 0 saturated carbocycles. The van der Waals surface area contributed by atoms with Crippen LogP contribution in [0.5, 0.6) is 0 Å². The first-order chi connectivity index (χ1) is 8.19. The third-order valence-electron chi connectivity index (χ3n) is 4.02. The number of nitrogens with zero attached hydrogens (tertiary/aromatic N) is 1. The van der Waals surface area contributed by atoms with Gasteiger partial charge in [0.2, 0.25) is 5.76 Å². The van der Waals surface area contributed by atoms with Crippen LogP contribution in [0.15, 0.2) is 4.42 Å². The standard InChI is InChI=1S/C13H18BNO3/c1-8-9(2)16-10(7-15)11(8)14-17-12(3,4)13(5,6)18-14/h1-6H3. The normalized spacial score (nSPS) is 21.1. The maximum absolute atomic E-state index is 9.12. The van der Waals surface area contributed by atoms with E-state index in [0.29, 0.717) is 5.46 Å². The molecule has 0 unspecified atom stereocenters. The van der Waals surface area contributed by atoms with Crippen LogP contribution >= 0.6 is 0 Å². The van der Waals surface area contributed by atoms with Gasteiger partial charge in [0.05, 0.1) is 11.2 Å². The third kappa shape index (κ3) is 1.77. The van der Waals surface area contributed by atoms with E-state index in [-0.39, 0.29) is 5.76 Å². The summed E-state index contributed by atoms with van der Waals surface area (Å²) in [6.07, 6.45) is 0. The number of rotatable bonds is 1. The molecule has 0 N–H and O–H groups in total. The summed E-state index contributed by atoms with van der Waals surface area (Å²) in [6.45, 7) is 11.7. The summed E-state index contributed by atoms with van der Waals surface area (Å²) >= 11 is 0. The molecule has 1 aromatic rings. The van der Waals surface area contributed by atoms with Gasteiger partial charge in [-0.1, -0.05) is 0 Å². The molecule has 4 nitrogen and oxygen atoms in total. The van der Waals surface area contributed by atoms with Crippen molar-refractivity contribution in [1.82, 2.24) is 0 Å². The second kappa shape index (κ2) is 3.87. The van der Waals surface area contributed by atoms with E-state index in [1.54, 1.807) is 0 Å². The van der Waals surface area contributed by atoms with Crippen molar-refractivity contribution in [3.8, 4) is 6.07 Å². The average molecular weight is 247 g/mol. The molecule has 2 heterocycles. The number of furan rings is 1. The van der Waals surface area contributed by atoms with Gasteiger partial charge in [-0.15, -0.1) is 0 Å². The molecule has 0 radical (unpaired) electrons. The van der Waals surface area contributed by atoms with E-state index in [1.165, 1.54) is 0 Å². The smallest absolute Gasteiger partial charge is 0.451 e. The molecule has 2 rings (SSSR count). The van der Waals surface area contributed by atoms with Gasteiger partial charge < -0.3 is 13.7 Å². The van der Waals surface area contributed by atoms with Crippen LogP contribution in [-0.2, 0) is 9.31 Å². The molecule has 0 amide bonds. The van der Waals surface area contributed by atoms with Crippen molar-refractivity contribution in [2.24, 2.45) is 0 Å². The Morgan fingerprint density at radius 1 is 1.06 bits per heavy atom. The molecule has 1 saturated heterocycles. The molecule has 1 aromatic heterocycles. The molecule has 0 atom stereocenters. The first-order valence-corrected chi connectivity index (χ1v) is 6.05. The highest BCUT2D eigenvalue weighted by atomic mass is 16.7. The van der Waals surface area contributed by atoms with E-state index in [0.717, 1.165) is 11.3 Å². The lowest BCUT2D eigenvalue weighted by Crippen LogP contribution is -2.41. The number of aryl methyl sites for hydroxylation is 1. The Bertz CT molecular complexity index is 509. The zero-order valence-corrected chi connectivity index (χ0v) is 11.7. The molecule has 18 heavy (non-hydrogen) atoms. The third-order valence-corrected chi connectivity index (χ3v) is 4.02. The van der Waals surface area contributed by atoms with Crippen LogP contribution in [-0.4, -0.2) is 18.3 Å². The number of hydrogen-bond acceptors (Lipinski definition) is 4. The summed E-state index contributed by atoms with van der Waals surface area (Å²) in [5.74, 6) is 1.01. The number of nitriles is 1. The zero-order chi connectivity index (χ0) is 13.7. The van der Waals surface area contributed by atoms with Crippen molar-refractivity contribution < 1.29 is 13.7 Å². The van der Waals surface area contributed by atoms with E-state index in [9.17, 15) is 0 Å². The van der Waals surface area contributed by atoms with Gasteiger partial charge in [-0.25, -0.2) is 0 Å². The minimum absolute atomic E-state index is 0.281. The Labute approximate surface area is 108 Å². The van der Waals surface area contributed by atoms with Crippen LogP contribution in [0.25, 0.3) is 0 Å². The molecule has 1 aliphatic rings. The van der Waals surface area contributed by atoms with Gasteiger partial charge in [0, 0.05) is 5.46 Å². The van der Waals surface area contributed by atoms with E-state index in [2.05, 4.69) is 6.07 Å². The molecular weight excluding hydrogens is 229 g/mol. The molecule has 1 aliphatic heterocycles. The predicted molar refractivity (Wildman–Crippen MR) is 68.6 cm³/mol. The topological polar surface area (TPSA) is 55.4 Å². The Balaban J connectivity index is 2.45. The molecule has 0 aromatic carbocycles. The summed E-state index contributed by atoms with van der Waals surface area (Å²) in [5.41, 5.74) is 0.808. The maximum atomic E-state index is 9.12. The summed E-state index contributed by atoms with van der Waals surface area (Å²) in [6, 6.07) is 2.06. The lowest BCUT2D eigenvalue weighted by atomic mass is 9.76. The highest BCUT2D eigenvalue weighted by molar-refractivity contribution is 6.63. The fraction of sp³-hybridized carbons (Fsp3) is 0.615. The average Bonchev–Trinajstić information content (AvgIpc) is 2.63. The second-order valence-corrected chi connectivity index (χ2v) is 5.73. The minimum Gasteiger partial charge on any atom is -0.451 e. The largest absolute Gasteiger partial charge is 0.499 e. The quantitative estimate of drug-likeness (QED) is 0.713. The Kier molecular flexibility index (Phi) is 2.84. The Hall–Kier alpha value is -1.25. The molecule has 0 bridgehead atoms. The highest BCUT2D eigenvalue weighted by Crippen LogP contribution is 2.37. The molecular formula is C13H18BNO3. The molecule has 0 aliphatic carbocycles. The van der Waals surface area contributed by atoms with Gasteiger partial charge in [0.1, 0.15) is 11.8 Å². The zero-order valence-electron chi connectivity index (χ0n) is 11.7. The minimum atomic E-state index is -0.540. The second-order valence-electron chi connectivity index (χ2n) is 5.73. The molecule has 96 valence electrons. The summed E-state index contributed by atoms with van der Waals surface area (Å²) in [7, 11) is -0.540. The Morgan fingerprint density at radius 3 is 2.00 bits per heavy atom. The van der Waals surface area contributed by atoms with Gasteiger partial charge in [-0.2, -0.15) is 5.26 Å². The maximum Gasteiger partial charge on any atom is 0.499 e. The lowest BCUT2D eigenvalue weighted by molar-refractivity contribution is 0.00578. The van der Waals surface area contributed by atoms with Crippen LogP contribution in [0, 0.1) is 25.2 Å². The van der Waals surface area contributed by atoms with Crippen LogP contribution in [0.3, 0.4) is 0 Å². The van der Waals surface area contributed by atoms with Gasteiger partial charge in [0.25, 0.3) is 0 Å². The van der Waals surface area contributed by atoms with Crippen molar-refractivity contribution >= 4 is 12.6 Å². The Morgan fingerprint density at radius 2 is 1.56 bits per heavy atom. The summed E-state index contributed by atoms with van der Waals surface area (Å²) in [5, 5.41) is 9.12.